The van der Waals surface area contributed by atoms with Gasteiger partial charge in [0.15, 0.2) is 0 Å². The van der Waals surface area contributed by atoms with Crippen molar-refractivity contribution in [1.29, 1.82) is 0 Å². The van der Waals surface area contributed by atoms with Crippen LogP contribution in [-0.4, -0.2) is 27.9 Å². The summed E-state index contributed by atoms with van der Waals surface area (Å²) < 4.78 is 5.17. The van der Waals surface area contributed by atoms with E-state index >= 15 is 0 Å². The Kier molecular flexibility index (Phi) is 3.10. The van der Waals surface area contributed by atoms with Crippen LogP contribution in [0.3, 0.4) is 0 Å². The van der Waals surface area contributed by atoms with E-state index in [1.54, 1.807) is 6.92 Å². The van der Waals surface area contributed by atoms with Crippen LogP contribution in [0.2, 0.25) is 0 Å². The molecular formula is C13H18O4. The third-order valence-corrected chi connectivity index (χ3v) is 3.33. The monoisotopic (exact) mass is 238 g/mol. The lowest BCUT2D eigenvalue weighted by molar-refractivity contribution is -0.137. The fourth-order valence-corrected chi connectivity index (χ4v) is 2.72. The summed E-state index contributed by atoms with van der Waals surface area (Å²) in [5, 5.41) is 19.9. The van der Waals surface area contributed by atoms with Gasteiger partial charge in [-0.3, -0.25) is 0 Å². The second-order valence-corrected chi connectivity index (χ2v) is 5.26. The molecule has 0 amide bonds. The first-order valence-corrected chi connectivity index (χ1v) is 5.87. The first-order chi connectivity index (χ1) is 7.88. The second kappa shape index (κ2) is 4.27. The molecule has 2 rings (SSSR count). The summed E-state index contributed by atoms with van der Waals surface area (Å²) in [6.07, 6.45) is 3.28. The zero-order valence-corrected chi connectivity index (χ0v) is 9.98. The van der Waals surface area contributed by atoms with E-state index in [0.717, 1.165) is 0 Å². The number of carbonyl (C=O) groups excluding carboxylic acids is 1. The van der Waals surface area contributed by atoms with E-state index in [9.17, 15) is 15.0 Å². The number of aliphatic hydroxyl groups is 2. The summed E-state index contributed by atoms with van der Waals surface area (Å²) >= 11 is 0. The molecule has 3 unspecified atom stereocenters. The highest BCUT2D eigenvalue weighted by atomic mass is 16.5. The lowest BCUT2D eigenvalue weighted by Crippen LogP contribution is -2.44. The van der Waals surface area contributed by atoms with Crippen molar-refractivity contribution < 1.29 is 19.7 Å². The van der Waals surface area contributed by atoms with E-state index in [1.165, 1.54) is 0 Å². The van der Waals surface area contributed by atoms with Crippen LogP contribution < -0.4 is 0 Å². The molecule has 2 bridgehead atoms. The first-order valence-electron chi connectivity index (χ1n) is 5.87. The standard InChI is InChI=1S/C13H18O4/c1-8(2)12(15)17-11-4-9-3-10(14)6-13(16,5-9)7-11/h4,9-10,14,16H,1,3,5-7H2,2H3. The molecule has 0 aromatic carbocycles. The fraction of sp³-hybridized carbons (Fsp3) is 0.615. The summed E-state index contributed by atoms with van der Waals surface area (Å²) in [7, 11) is 0. The van der Waals surface area contributed by atoms with Crippen molar-refractivity contribution in [2.24, 2.45) is 5.92 Å². The molecule has 1 fully saturated rings. The Morgan fingerprint density at radius 2 is 2.29 bits per heavy atom. The van der Waals surface area contributed by atoms with Gasteiger partial charge in [0, 0.05) is 18.4 Å². The van der Waals surface area contributed by atoms with Crippen LogP contribution >= 0.6 is 0 Å². The smallest absolute Gasteiger partial charge is 0.338 e. The Hall–Kier alpha value is -1.13. The molecular weight excluding hydrogens is 220 g/mol. The highest BCUT2D eigenvalue weighted by Gasteiger charge is 2.42. The number of rotatable bonds is 2. The van der Waals surface area contributed by atoms with Gasteiger partial charge in [0.25, 0.3) is 0 Å². The summed E-state index contributed by atoms with van der Waals surface area (Å²) in [4.78, 5) is 11.4. The zero-order valence-electron chi connectivity index (χ0n) is 9.98. The van der Waals surface area contributed by atoms with Crippen molar-refractivity contribution in [1.82, 2.24) is 0 Å². The molecule has 3 atom stereocenters. The van der Waals surface area contributed by atoms with E-state index < -0.39 is 17.7 Å². The fourth-order valence-electron chi connectivity index (χ4n) is 2.72. The van der Waals surface area contributed by atoms with Gasteiger partial charge >= 0.3 is 5.97 Å². The minimum atomic E-state index is -0.929. The number of allylic oxidation sites excluding steroid dienone is 1. The Morgan fingerprint density at radius 1 is 1.59 bits per heavy atom. The van der Waals surface area contributed by atoms with Crippen LogP contribution in [0.4, 0.5) is 0 Å². The molecule has 2 aliphatic carbocycles. The second-order valence-electron chi connectivity index (χ2n) is 5.26. The van der Waals surface area contributed by atoms with Crippen LogP contribution in [0.25, 0.3) is 0 Å². The molecule has 94 valence electrons. The van der Waals surface area contributed by atoms with Gasteiger partial charge in [0.2, 0.25) is 0 Å². The van der Waals surface area contributed by atoms with E-state index in [0.29, 0.717) is 37.0 Å². The van der Waals surface area contributed by atoms with Crippen molar-refractivity contribution in [3.05, 3.63) is 24.0 Å². The minimum absolute atomic E-state index is 0.0884. The lowest BCUT2D eigenvalue weighted by atomic mass is 9.71. The number of ether oxygens (including phenoxy) is 1. The molecule has 2 N–H and O–H groups in total. The van der Waals surface area contributed by atoms with Crippen LogP contribution in [0.5, 0.6) is 0 Å². The van der Waals surface area contributed by atoms with E-state index in [1.807, 2.05) is 6.08 Å². The minimum Gasteiger partial charge on any atom is -0.428 e. The number of aliphatic hydroxyl groups excluding tert-OH is 1. The third kappa shape index (κ3) is 2.76. The van der Waals surface area contributed by atoms with Gasteiger partial charge in [-0.15, -0.1) is 0 Å². The molecule has 1 saturated carbocycles. The van der Waals surface area contributed by atoms with Crippen molar-refractivity contribution in [2.45, 2.75) is 44.3 Å². The third-order valence-electron chi connectivity index (χ3n) is 3.33. The molecule has 0 spiro atoms. The number of hydrogen-bond donors (Lipinski definition) is 2. The van der Waals surface area contributed by atoms with Gasteiger partial charge in [-0.2, -0.15) is 0 Å². The highest BCUT2D eigenvalue weighted by Crippen LogP contribution is 2.42. The van der Waals surface area contributed by atoms with Crippen molar-refractivity contribution in [2.75, 3.05) is 0 Å². The average molecular weight is 238 g/mol. The Balaban J connectivity index is 2.11. The van der Waals surface area contributed by atoms with Gasteiger partial charge in [0.05, 0.1) is 11.7 Å². The molecule has 0 radical (unpaired) electrons. The Bertz CT molecular complexity index is 385. The summed E-state index contributed by atoms with van der Waals surface area (Å²) in [5.74, 6) is 0.134. The normalized spacial score (nSPS) is 36.1. The Morgan fingerprint density at radius 3 is 2.88 bits per heavy atom. The summed E-state index contributed by atoms with van der Waals surface area (Å²) in [6.45, 7) is 5.11. The van der Waals surface area contributed by atoms with Crippen LogP contribution in [0, 0.1) is 5.92 Å². The van der Waals surface area contributed by atoms with Gasteiger partial charge in [0.1, 0.15) is 5.76 Å². The predicted octanol–water partition coefficient (Wildman–Crippen LogP) is 1.29. The van der Waals surface area contributed by atoms with Gasteiger partial charge < -0.3 is 14.9 Å². The van der Waals surface area contributed by atoms with E-state index in [2.05, 4.69) is 6.58 Å². The van der Waals surface area contributed by atoms with Crippen molar-refractivity contribution in [3.63, 3.8) is 0 Å². The largest absolute Gasteiger partial charge is 0.428 e. The number of fused-ring (bicyclic) bond motifs is 2. The van der Waals surface area contributed by atoms with Crippen molar-refractivity contribution >= 4 is 5.97 Å². The summed E-state index contributed by atoms with van der Waals surface area (Å²) in [6, 6.07) is 0. The van der Waals surface area contributed by atoms with Gasteiger partial charge in [-0.25, -0.2) is 4.79 Å². The van der Waals surface area contributed by atoms with E-state index in [-0.39, 0.29) is 5.92 Å². The topological polar surface area (TPSA) is 66.8 Å². The molecule has 0 heterocycles. The maximum absolute atomic E-state index is 11.4. The molecule has 0 aromatic rings. The highest BCUT2D eigenvalue weighted by molar-refractivity contribution is 5.87. The zero-order chi connectivity index (χ0) is 12.6. The van der Waals surface area contributed by atoms with Crippen LogP contribution in [0.1, 0.15) is 32.6 Å². The predicted molar refractivity (Wildman–Crippen MR) is 61.9 cm³/mol. The maximum atomic E-state index is 11.4. The average Bonchev–Trinajstić information content (AvgIpc) is 2.13. The molecule has 0 aliphatic heterocycles. The molecule has 0 saturated heterocycles. The summed E-state index contributed by atoms with van der Waals surface area (Å²) in [5.41, 5.74) is -0.587. The Labute approximate surface area is 101 Å². The van der Waals surface area contributed by atoms with Crippen molar-refractivity contribution in [3.8, 4) is 0 Å². The molecule has 0 aromatic heterocycles. The first kappa shape index (κ1) is 12.3. The van der Waals surface area contributed by atoms with Gasteiger partial charge in [-0.1, -0.05) is 6.58 Å². The SMILES string of the molecule is C=C(C)C(=O)OC1=CC2CC(O)CC(O)(C1)C2. The molecule has 4 heteroatoms. The molecule has 2 aliphatic rings. The quantitative estimate of drug-likeness (QED) is 0.562. The number of esters is 1. The van der Waals surface area contributed by atoms with Crippen LogP contribution in [-0.2, 0) is 9.53 Å². The van der Waals surface area contributed by atoms with E-state index in [4.69, 9.17) is 4.74 Å². The molecule has 4 nitrogen and oxygen atoms in total. The van der Waals surface area contributed by atoms with Gasteiger partial charge in [-0.05, 0) is 31.8 Å². The number of hydrogen-bond acceptors (Lipinski definition) is 4. The maximum Gasteiger partial charge on any atom is 0.338 e. The number of carbonyl (C=O) groups is 1. The van der Waals surface area contributed by atoms with Crippen LogP contribution in [0.15, 0.2) is 24.0 Å². The lowest BCUT2D eigenvalue weighted by Gasteiger charge is -2.42. The molecule has 17 heavy (non-hydrogen) atoms.